The summed E-state index contributed by atoms with van der Waals surface area (Å²) in [5.41, 5.74) is 11.4. The lowest BCUT2D eigenvalue weighted by Crippen LogP contribution is -2.08. The van der Waals surface area contributed by atoms with E-state index in [4.69, 9.17) is 11.5 Å². The molecule has 0 saturated carbocycles. The first-order valence-electron chi connectivity index (χ1n) is 7.68. The predicted molar refractivity (Wildman–Crippen MR) is 96.8 cm³/mol. The number of halogens is 3. The van der Waals surface area contributed by atoms with E-state index in [9.17, 15) is 13.2 Å². The van der Waals surface area contributed by atoms with Gasteiger partial charge in [0, 0.05) is 10.9 Å². The average Bonchev–Trinajstić information content (AvgIpc) is 2.60. The summed E-state index contributed by atoms with van der Waals surface area (Å²) in [4.78, 5) is 8.64. The van der Waals surface area contributed by atoms with E-state index < -0.39 is 11.7 Å². The summed E-state index contributed by atoms with van der Waals surface area (Å²) in [7, 11) is 0. The lowest BCUT2D eigenvalue weighted by atomic mass is 10.0. The van der Waals surface area contributed by atoms with Gasteiger partial charge in [0.1, 0.15) is 5.84 Å². The average molecular weight is 356 g/mol. The zero-order valence-electron chi connectivity index (χ0n) is 13.5. The second-order valence-electron chi connectivity index (χ2n) is 5.52. The van der Waals surface area contributed by atoms with Crippen LogP contribution in [0.25, 0.3) is 22.0 Å². The molecule has 0 aliphatic heterocycles. The maximum Gasteiger partial charge on any atom is 0.416 e. The molecule has 2 aromatic carbocycles. The Morgan fingerprint density at radius 3 is 2.38 bits per heavy atom. The molecule has 0 spiro atoms. The van der Waals surface area contributed by atoms with Crippen LogP contribution in [0.5, 0.6) is 0 Å². The Hall–Kier alpha value is -3.35. The third kappa shape index (κ3) is 3.66. The molecule has 7 heteroatoms. The highest BCUT2D eigenvalue weighted by molar-refractivity contribution is 5.98. The van der Waals surface area contributed by atoms with Gasteiger partial charge in [0.15, 0.2) is 5.82 Å². The number of amidine groups is 1. The Labute approximate surface area is 147 Å². The largest absolute Gasteiger partial charge is 0.416 e. The van der Waals surface area contributed by atoms with Gasteiger partial charge in [0.2, 0.25) is 0 Å². The van der Waals surface area contributed by atoms with E-state index in [1.165, 1.54) is 24.4 Å². The van der Waals surface area contributed by atoms with Gasteiger partial charge in [0.25, 0.3) is 0 Å². The van der Waals surface area contributed by atoms with Crippen molar-refractivity contribution < 1.29 is 13.2 Å². The fraction of sp³-hybridized carbons (Fsp3) is 0.0526. The molecule has 0 radical (unpaired) electrons. The first-order chi connectivity index (χ1) is 12.4. The maximum atomic E-state index is 12.8. The molecular weight excluding hydrogens is 341 g/mol. The number of aromatic nitrogens is 1. The van der Waals surface area contributed by atoms with Crippen LogP contribution in [0.15, 0.2) is 71.9 Å². The van der Waals surface area contributed by atoms with E-state index in [1.807, 2.05) is 24.3 Å². The van der Waals surface area contributed by atoms with Crippen molar-refractivity contribution in [1.82, 2.24) is 4.98 Å². The highest BCUT2D eigenvalue weighted by atomic mass is 19.4. The predicted octanol–water partition coefficient (Wildman–Crippen LogP) is 4.38. The van der Waals surface area contributed by atoms with Gasteiger partial charge in [-0.3, -0.25) is 0 Å². The molecule has 0 aliphatic rings. The molecule has 0 atom stereocenters. The summed E-state index contributed by atoms with van der Waals surface area (Å²) >= 11 is 0. The number of aliphatic imine (C=N–C) groups is 1. The van der Waals surface area contributed by atoms with E-state index >= 15 is 0 Å². The molecular formula is C19H15F3N4. The first kappa shape index (κ1) is 17.5. The second kappa shape index (κ2) is 6.87. The van der Waals surface area contributed by atoms with E-state index in [2.05, 4.69) is 9.98 Å². The quantitative estimate of drug-likeness (QED) is 0.540. The Kier molecular flexibility index (Phi) is 4.62. The number of hydrogen-bond donors (Lipinski definition) is 2. The molecule has 3 rings (SSSR count). The first-order valence-corrected chi connectivity index (χ1v) is 7.68. The summed E-state index contributed by atoms with van der Waals surface area (Å²) in [6.07, 6.45) is -1.70. The Morgan fingerprint density at radius 1 is 1.04 bits per heavy atom. The maximum absolute atomic E-state index is 12.8. The molecule has 0 bridgehead atoms. The van der Waals surface area contributed by atoms with E-state index in [1.54, 1.807) is 6.07 Å². The van der Waals surface area contributed by atoms with Gasteiger partial charge in [-0.2, -0.15) is 13.2 Å². The molecule has 0 saturated heterocycles. The highest BCUT2D eigenvalue weighted by Crippen LogP contribution is 2.33. The molecule has 0 fully saturated rings. The van der Waals surface area contributed by atoms with E-state index in [0.29, 0.717) is 17.1 Å². The molecule has 1 aromatic heterocycles. The number of alkyl halides is 3. The second-order valence-corrected chi connectivity index (χ2v) is 5.52. The van der Waals surface area contributed by atoms with Crippen LogP contribution in [-0.2, 0) is 6.18 Å². The van der Waals surface area contributed by atoms with Gasteiger partial charge in [0.05, 0.1) is 11.3 Å². The minimum absolute atomic E-state index is 0.175. The SMILES string of the molecule is N/C=C\C(N)=N/c1cc2ccccc2c(-c2ccc(C(F)(F)F)cc2)n1. The van der Waals surface area contributed by atoms with Crippen molar-refractivity contribution in [1.29, 1.82) is 0 Å². The molecule has 4 N–H and O–H groups in total. The van der Waals surface area contributed by atoms with Crippen molar-refractivity contribution >= 4 is 22.4 Å². The Balaban J connectivity index is 2.16. The molecule has 132 valence electrons. The van der Waals surface area contributed by atoms with Crippen LogP contribution < -0.4 is 11.5 Å². The fourth-order valence-corrected chi connectivity index (χ4v) is 2.55. The Morgan fingerprint density at radius 2 is 1.73 bits per heavy atom. The zero-order valence-corrected chi connectivity index (χ0v) is 13.5. The van der Waals surface area contributed by atoms with Crippen molar-refractivity contribution in [3.05, 3.63) is 72.4 Å². The summed E-state index contributed by atoms with van der Waals surface area (Å²) in [5, 5.41) is 1.65. The van der Waals surface area contributed by atoms with Crippen molar-refractivity contribution in [2.45, 2.75) is 6.18 Å². The van der Waals surface area contributed by atoms with Gasteiger partial charge >= 0.3 is 6.18 Å². The lowest BCUT2D eigenvalue weighted by Gasteiger charge is -2.10. The highest BCUT2D eigenvalue weighted by Gasteiger charge is 2.30. The number of rotatable bonds is 3. The lowest BCUT2D eigenvalue weighted by molar-refractivity contribution is -0.137. The van der Waals surface area contributed by atoms with Crippen LogP contribution in [0, 0.1) is 0 Å². The number of benzene rings is 2. The minimum Gasteiger partial charge on any atom is -0.404 e. The van der Waals surface area contributed by atoms with Gasteiger partial charge in [-0.05, 0) is 35.9 Å². The van der Waals surface area contributed by atoms with E-state index in [0.717, 1.165) is 22.9 Å². The van der Waals surface area contributed by atoms with Gasteiger partial charge in [-0.15, -0.1) is 0 Å². The summed E-state index contributed by atoms with van der Waals surface area (Å²) in [6, 6.07) is 14.0. The van der Waals surface area contributed by atoms with Gasteiger partial charge in [-0.1, -0.05) is 36.4 Å². The number of pyridine rings is 1. The smallest absolute Gasteiger partial charge is 0.404 e. The van der Waals surface area contributed by atoms with Crippen molar-refractivity contribution in [3.63, 3.8) is 0 Å². The van der Waals surface area contributed by atoms with Gasteiger partial charge < -0.3 is 11.5 Å². The van der Waals surface area contributed by atoms with Crippen LogP contribution in [0.2, 0.25) is 0 Å². The topological polar surface area (TPSA) is 77.3 Å². The van der Waals surface area contributed by atoms with Crippen LogP contribution in [-0.4, -0.2) is 10.8 Å². The molecule has 3 aromatic rings. The third-order valence-electron chi connectivity index (χ3n) is 3.72. The molecule has 26 heavy (non-hydrogen) atoms. The molecule has 1 heterocycles. The zero-order chi connectivity index (χ0) is 18.7. The van der Waals surface area contributed by atoms with E-state index in [-0.39, 0.29) is 5.84 Å². The van der Waals surface area contributed by atoms with Crippen LogP contribution >= 0.6 is 0 Å². The number of hydrogen-bond acceptors (Lipinski definition) is 3. The molecule has 0 amide bonds. The van der Waals surface area contributed by atoms with Crippen molar-refractivity contribution in [3.8, 4) is 11.3 Å². The molecule has 4 nitrogen and oxygen atoms in total. The number of nitrogens with zero attached hydrogens (tertiary/aromatic N) is 2. The molecule has 0 aliphatic carbocycles. The standard InChI is InChI=1S/C19H15F3N4/c20-19(21,22)14-7-5-12(6-8-14)18-15-4-2-1-3-13(15)11-17(26-18)25-16(24)9-10-23/h1-11H,23H2,(H2,24,25,26)/b10-9-. The number of fused-ring (bicyclic) bond motifs is 1. The van der Waals surface area contributed by atoms with Crippen molar-refractivity contribution in [2.75, 3.05) is 0 Å². The van der Waals surface area contributed by atoms with Crippen LogP contribution in [0.4, 0.5) is 19.0 Å². The monoisotopic (exact) mass is 356 g/mol. The normalized spacial score (nSPS) is 12.8. The summed E-state index contributed by atoms with van der Waals surface area (Å²) in [6.45, 7) is 0. The van der Waals surface area contributed by atoms with Crippen LogP contribution in [0.1, 0.15) is 5.56 Å². The van der Waals surface area contributed by atoms with Crippen molar-refractivity contribution in [2.24, 2.45) is 16.5 Å². The molecule has 0 unspecified atom stereocenters. The van der Waals surface area contributed by atoms with Gasteiger partial charge in [-0.25, -0.2) is 9.98 Å². The third-order valence-corrected chi connectivity index (χ3v) is 3.72. The van der Waals surface area contributed by atoms with Crippen LogP contribution in [0.3, 0.4) is 0 Å². The number of nitrogens with two attached hydrogens (primary N) is 2. The Bertz CT molecular complexity index is 990. The summed E-state index contributed by atoms with van der Waals surface area (Å²) < 4.78 is 38.4. The summed E-state index contributed by atoms with van der Waals surface area (Å²) in [5.74, 6) is 0.517. The fourth-order valence-electron chi connectivity index (χ4n) is 2.55. The minimum atomic E-state index is -4.39.